The second-order valence-electron chi connectivity index (χ2n) is 25.5. The van der Waals surface area contributed by atoms with Crippen LogP contribution in [0.4, 0.5) is 45.5 Å². The molecule has 0 N–H and O–H groups in total. The predicted molar refractivity (Wildman–Crippen MR) is 447 cm³/mol. The van der Waals surface area contributed by atoms with Crippen molar-refractivity contribution in [2.75, 3.05) is 47.8 Å². The molecule has 0 aliphatic heterocycles. The fraction of sp³-hybridized carbons (Fsp3) is 0.0400. The Labute approximate surface area is 615 Å². The van der Waals surface area contributed by atoms with Crippen LogP contribution in [0.25, 0.3) is 89.0 Å². The van der Waals surface area contributed by atoms with E-state index in [-0.39, 0.29) is 0 Å². The lowest BCUT2D eigenvalue weighted by molar-refractivity contribution is 1.21. The molecular formula is C100H84N4. The van der Waals surface area contributed by atoms with Crippen molar-refractivity contribution in [1.29, 1.82) is 0 Å². The van der Waals surface area contributed by atoms with Crippen LogP contribution in [-0.4, -0.2) is 28.2 Å². The van der Waals surface area contributed by atoms with Crippen LogP contribution in [0.5, 0.6) is 0 Å². The number of benzene rings is 16. The van der Waals surface area contributed by atoms with Gasteiger partial charge in [0.05, 0.1) is 0 Å². The molecule has 0 radical (unpaired) electrons. The molecule has 4 nitrogen and oxygen atoms in total. The second-order valence-corrected chi connectivity index (χ2v) is 25.5. The number of para-hydroxylation sites is 1. The standard InChI is InChI=1S/4C25H21N/c1-26(24-16-8-14-22(18-24)20-10-4-2-5-11-20)25-17-9-15-23(19-25)21-12-6-3-7-13-21;1-26(23-18-16-21(17-19-23)20-10-4-2-5-11-20)25-15-9-8-14-24(25)22-12-6-3-7-13-22;1-26(24-17-15-22(16-18-24)20-9-4-2-5-10-20)25-14-8-13-23(19-25)21-11-6-3-7-12-21;1-26(24-16-12-22(13-17-24)20-8-4-2-5-9-20)25-18-14-23(15-19-25)21-10-6-3-7-11-21/h4*2-19H,1H3. The Morgan fingerprint density at radius 2 is 0.308 bits per heavy atom. The molecule has 0 aromatic heterocycles. The molecule has 0 saturated carbocycles. The zero-order valence-corrected chi connectivity index (χ0v) is 59.4. The van der Waals surface area contributed by atoms with Crippen LogP contribution in [0.3, 0.4) is 0 Å². The number of nitrogens with zero attached hydrogens (tertiary/aromatic N) is 4. The molecule has 0 amide bonds. The predicted octanol–water partition coefficient (Wildman–Crippen LogP) is 27.2. The zero-order chi connectivity index (χ0) is 71.1. The highest BCUT2D eigenvalue weighted by molar-refractivity contribution is 5.84. The quantitative estimate of drug-likeness (QED) is 0.0956. The van der Waals surface area contributed by atoms with Crippen molar-refractivity contribution in [1.82, 2.24) is 0 Å². The van der Waals surface area contributed by atoms with Gasteiger partial charge in [-0.25, -0.2) is 0 Å². The molecular weight excluding hydrogens is 1260 g/mol. The van der Waals surface area contributed by atoms with Gasteiger partial charge in [0.15, 0.2) is 0 Å². The molecule has 0 saturated heterocycles. The number of rotatable bonds is 16. The van der Waals surface area contributed by atoms with Gasteiger partial charge in [-0.05, 0) is 174 Å². The Hall–Kier alpha value is -13.3. The average Bonchev–Trinajstić information content (AvgIpc) is 0.794. The Kier molecular flexibility index (Phi) is 23.1. The number of hydrogen-bond donors (Lipinski definition) is 0. The van der Waals surface area contributed by atoms with Crippen molar-refractivity contribution in [2.45, 2.75) is 0 Å². The van der Waals surface area contributed by atoms with Gasteiger partial charge in [0.1, 0.15) is 0 Å². The van der Waals surface area contributed by atoms with E-state index in [2.05, 4.69) is 454 Å². The summed E-state index contributed by atoms with van der Waals surface area (Å²) < 4.78 is 0. The lowest BCUT2D eigenvalue weighted by Crippen LogP contribution is -2.10. The molecule has 16 aromatic rings. The molecule has 0 atom stereocenters. The lowest BCUT2D eigenvalue weighted by atomic mass is 10.0. The molecule has 104 heavy (non-hydrogen) atoms. The molecule has 16 rings (SSSR count). The zero-order valence-electron chi connectivity index (χ0n) is 59.4. The smallest absolute Gasteiger partial charge is 0.0487 e. The van der Waals surface area contributed by atoms with E-state index in [9.17, 15) is 0 Å². The van der Waals surface area contributed by atoms with Crippen LogP contribution in [0.15, 0.2) is 437 Å². The summed E-state index contributed by atoms with van der Waals surface area (Å²) in [6, 6.07) is 153. The maximum atomic E-state index is 2.25. The Morgan fingerprint density at radius 3 is 0.577 bits per heavy atom. The van der Waals surface area contributed by atoms with Crippen molar-refractivity contribution in [3.05, 3.63) is 437 Å². The van der Waals surface area contributed by atoms with E-state index in [4.69, 9.17) is 0 Å². The van der Waals surface area contributed by atoms with E-state index in [0.717, 1.165) is 0 Å². The first-order valence-corrected chi connectivity index (χ1v) is 35.4. The molecule has 0 heterocycles. The molecule has 0 aliphatic carbocycles. The monoisotopic (exact) mass is 1340 g/mol. The van der Waals surface area contributed by atoms with Gasteiger partial charge in [-0.3, -0.25) is 0 Å². The van der Waals surface area contributed by atoms with Crippen molar-refractivity contribution in [3.63, 3.8) is 0 Å². The van der Waals surface area contributed by atoms with Gasteiger partial charge < -0.3 is 19.6 Å². The summed E-state index contributed by atoms with van der Waals surface area (Å²) in [4.78, 5) is 8.92. The summed E-state index contributed by atoms with van der Waals surface area (Å²) in [6.45, 7) is 0. The Bertz CT molecular complexity index is 5070. The summed E-state index contributed by atoms with van der Waals surface area (Å²) >= 11 is 0. The second kappa shape index (κ2) is 34.7. The lowest BCUT2D eigenvalue weighted by Gasteiger charge is -2.23. The third-order valence-electron chi connectivity index (χ3n) is 18.8. The molecule has 0 bridgehead atoms. The largest absolute Gasteiger partial charge is 0.345 e. The summed E-state index contributed by atoms with van der Waals surface area (Å²) in [5.41, 5.74) is 29.2. The summed E-state index contributed by atoms with van der Waals surface area (Å²) in [5, 5.41) is 0. The van der Waals surface area contributed by atoms with Crippen LogP contribution in [0.1, 0.15) is 0 Å². The van der Waals surface area contributed by atoms with Gasteiger partial charge in [0.25, 0.3) is 0 Å². The highest BCUT2D eigenvalue weighted by Gasteiger charge is 2.14. The van der Waals surface area contributed by atoms with Crippen molar-refractivity contribution in [3.8, 4) is 89.0 Å². The minimum absolute atomic E-state index is 1.17. The molecule has 0 unspecified atom stereocenters. The summed E-state index contributed by atoms with van der Waals surface area (Å²) in [5.74, 6) is 0. The third-order valence-corrected chi connectivity index (χ3v) is 18.8. The maximum absolute atomic E-state index is 2.25. The van der Waals surface area contributed by atoms with Crippen LogP contribution in [0.2, 0.25) is 0 Å². The van der Waals surface area contributed by atoms with Gasteiger partial charge in [0, 0.05) is 79.3 Å². The SMILES string of the molecule is CN(c1ccc(-c2ccccc2)cc1)c1ccc(-c2ccccc2)cc1.CN(c1ccc(-c2ccccc2)cc1)c1cccc(-c2ccccc2)c1.CN(c1ccc(-c2ccccc2)cc1)c1ccccc1-c1ccccc1.CN(c1cccc(-c2ccccc2)c1)c1cccc(-c2ccccc2)c1. The van der Waals surface area contributed by atoms with E-state index in [1.165, 1.54) is 135 Å². The van der Waals surface area contributed by atoms with E-state index in [1.807, 2.05) is 30.3 Å². The Morgan fingerprint density at radius 1 is 0.125 bits per heavy atom. The topological polar surface area (TPSA) is 13.0 Å². The van der Waals surface area contributed by atoms with Gasteiger partial charge >= 0.3 is 0 Å². The molecule has 504 valence electrons. The minimum Gasteiger partial charge on any atom is -0.345 e. The fourth-order valence-corrected chi connectivity index (χ4v) is 12.8. The van der Waals surface area contributed by atoms with E-state index in [1.54, 1.807) is 0 Å². The van der Waals surface area contributed by atoms with Crippen LogP contribution >= 0.6 is 0 Å². The van der Waals surface area contributed by atoms with Crippen molar-refractivity contribution in [2.24, 2.45) is 0 Å². The highest BCUT2D eigenvalue weighted by atomic mass is 15.1. The third kappa shape index (κ3) is 17.8. The van der Waals surface area contributed by atoms with Gasteiger partial charge in [-0.15, -0.1) is 0 Å². The molecule has 0 aliphatic rings. The first-order chi connectivity index (χ1) is 51.3. The van der Waals surface area contributed by atoms with E-state index < -0.39 is 0 Å². The number of anilines is 8. The molecule has 0 fully saturated rings. The van der Waals surface area contributed by atoms with E-state index in [0.29, 0.717) is 0 Å². The van der Waals surface area contributed by atoms with Crippen LogP contribution in [-0.2, 0) is 0 Å². The summed E-state index contributed by atoms with van der Waals surface area (Å²) in [6.07, 6.45) is 0. The average molecular weight is 1340 g/mol. The van der Waals surface area contributed by atoms with Gasteiger partial charge in [-0.1, -0.05) is 346 Å². The highest BCUT2D eigenvalue weighted by Crippen LogP contribution is 2.37. The van der Waals surface area contributed by atoms with Crippen LogP contribution in [0, 0.1) is 0 Å². The van der Waals surface area contributed by atoms with Crippen LogP contribution < -0.4 is 19.6 Å². The van der Waals surface area contributed by atoms with Crippen molar-refractivity contribution < 1.29 is 0 Å². The first kappa shape index (κ1) is 69.2. The normalized spacial score (nSPS) is 10.5. The fourth-order valence-electron chi connectivity index (χ4n) is 12.8. The van der Waals surface area contributed by atoms with Gasteiger partial charge in [-0.2, -0.15) is 0 Å². The first-order valence-electron chi connectivity index (χ1n) is 35.4. The maximum Gasteiger partial charge on any atom is 0.0487 e. The van der Waals surface area contributed by atoms with Gasteiger partial charge in [0.2, 0.25) is 0 Å². The molecule has 0 spiro atoms. The molecule has 16 aromatic carbocycles. The molecule has 4 heteroatoms. The minimum atomic E-state index is 1.17. The van der Waals surface area contributed by atoms with E-state index >= 15 is 0 Å². The number of hydrogen-bond acceptors (Lipinski definition) is 4. The Balaban J connectivity index is 0.000000123. The summed E-state index contributed by atoms with van der Waals surface area (Å²) in [7, 11) is 8.46. The van der Waals surface area contributed by atoms with Crippen molar-refractivity contribution >= 4 is 45.5 Å².